The molecular formula is C27H27ClFN3O2. The molecule has 5 nitrogen and oxygen atoms in total. The molecule has 2 aromatic heterocycles. The van der Waals surface area contributed by atoms with Gasteiger partial charge in [-0.15, -0.1) is 0 Å². The van der Waals surface area contributed by atoms with Gasteiger partial charge in [0.05, 0.1) is 22.3 Å². The molecule has 34 heavy (non-hydrogen) atoms. The summed E-state index contributed by atoms with van der Waals surface area (Å²) in [6, 6.07) is 16.0. The van der Waals surface area contributed by atoms with Crippen molar-refractivity contribution in [3.63, 3.8) is 0 Å². The Morgan fingerprint density at radius 1 is 1.12 bits per heavy atom. The van der Waals surface area contributed by atoms with Gasteiger partial charge in [0.25, 0.3) is 0 Å². The van der Waals surface area contributed by atoms with Crippen LogP contribution in [0.25, 0.3) is 28.2 Å². The number of aliphatic carboxylic acids is 1. The van der Waals surface area contributed by atoms with Crippen LogP contribution in [0.15, 0.2) is 54.6 Å². The van der Waals surface area contributed by atoms with E-state index in [9.17, 15) is 14.3 Å². The van der Waals surface area contributed by atoms with Crippen molar-refractivity contribution in [2.75, 3.05) is 0 Å². The zero-order valence-corrected chi connectivity index (χ0v) is 20.4. The number of carbonyl (C=O) groups is 1. The Hall–Kier alpha value is -3.25. The minimum absolute atomic E-state index is 0.0370. The topological polar surface area (TPSA) is 67.5 Å². The normalized spacial score (nSPS) is 12.8. The largest absolute Gasteiger partial charge is 0.481 e. The Labute approximate surface area is 203 Å². The molecule has 0 aliphatic rings. The highest BCUT2D eigenvalue weighted by Crippen LogP contribution is 2.38. The highest BCUT2D eigenvalue weighted by atomic mass is 35.5. The maximum atomic E-state index is 14.0. The van der Waals surface area contributed by atoms with Crippen LogP contribution >= 0.6 is 11.6 Å². The Balaban J connectivity index is 2.01. The SMILES string of the molecule is Cc1nc2cc(-c3ccccc3)nn2c(-c2ccc(F)c(Cl)c2)c1C(CCC(C)(C)C)C(=O)O. The van der Waals surface area contributed by atoms with Gasteiger partial charge in [-0.25, -0.2) is 13.9 Å². The lowest BCUT2D eigenvalue weighted by Crippen LogP contribution is -2.19. The average Bonchev–Trinajstić information content (AvgIpc) is 3.19. The van der Waals surface area contributed by atoms with Crippen molar-refractivity contribution in [2.24, 2.45) is 5.41 Å². The molecule has 176 valence electrons. The van der Waals surface area contributed by atoms with Crippen LogP contribution in [-0.4, -0.2) is 25.7 Å². The van der Waals surface area contributed by atoms with Gasteiger partial charge in [-0.1, -0.05) is 62.7 Å². The molecule has 4 aromatic rings. The molecule has 7 heteroatoms. The molecule has 2 aromatic carbocycles. The summed E-state index contributed by atoms with van der Waals surface area (Å²) in [5, 5.41) is 15.0. The smallest absolute Gasteiger partial charge is 0.311 e. The maximum Gasteiger partial charge on any atom is 0.311 e. The molecule has 0 bridgehead atoms. The summed E-state index contributed by atoms with van der Waals surface area (Å²) in [7, 11) is 0. The van der Waals surface area contributed by atoms with E-state index in [1.165, 1.54) is 12.1 Å². The predicted molar refractivity (Wildman–Crippen MR) is 133 cm³/mol. The molecule has 1 N–H and O–H groups in total. The molecule has 2 heterocycles. The van der Waals surface area contributed by atoms with E-state index >= 15 is 0 Å². The van der Waals surface area contributed by atoms with E-state index < -0.39 is 17.7 Å². The van der Waals surface area contributed by atoms with Crippen molar-refractivity contribution in [3.8, 4) is 22.5 Å². The van der Waals surface area contributed by atoms with E-state index in [4.69, 9.17) is 21.7 Å². The summed E-state index contributed by atoms with van der Waals surface area (Å²) >= 11 is 6.13. The van der Waals surface area contributed by atoms with Crippen LogP contribution in [0.5, 0.6) is 0 Å². The van der Waals surface area contributed by atoms with Gasteiger partial charge in [0, 0.05) is 28.5 Å². The molecule has 0 saturated heterocycles. The van der Waals surface area contributed by atoms with Gasteiger partial charge in [-0.05, 0) is 43.4 Å². The van der Waals surface area contributed by atoms with E-state index in [0.717, 1.165) is 5.56 Å². The van der Waals surface area contributed by atoms with Crippen LogP contribution < -0.4 is 0 Å². The lowest BCUT2D eigenvalue weighted by atomic mass is 9.82. The second-order valence-electron chi connectivity index (χ2n) is 9.74. The fraction of sp³-hybridized carbons (Fsp3) is 0.296. The lowest BCUT2D eigenvalue weighted by molar-refractivity contribution is -0.139. The van der Waals surface area contributed by atoms with Gasteiger partial charge in [-0.2, -0.15) is 5.10 Å². The summed E-state index contributed by atoms with van der Waals surface area (Å²) in [5.41, 5.74) is 4.48. The summed E-state index contributed by atoms with van der Waals surface area (Å²) in [6.45, 7) is 8.06. The first-order chi connectivity index (χ1) is 16.0. The molecule has 0 fully saturated rings. The molecule has 0 aliphatic heterocycles. The molecule has 0 aliphatic carbocycles. The van der Waals surface area contributed by atoms with Crippen LogP contribution in [0.1, 0.15) is 50.8 Å². The maximum absolute atomic E-state index is 14.0. The third-order valence-electron chi connectivity index (χ3n) is 5.92. The van der Waals surface area contributed by atoms with Crippen LogP contribution in [0, 0.1) is 18.2 Å². The van der Waals surface area contributed by atoms with Crippen molar-refractivity contribution >= 4 is 23.2 Å². The van der Waals surface area contributed by atoms with Crippen LogP contribution in [0.4, 0.5) is 4.39 Å². The molecule has 1 unspecified atom stereocenters. The van der Waals surface area contributed by atoms with E-state index in [0.29, 0.717) is 46.7 Å². The highest BCUT2D eigenvalue weighted by molar-refractivity contribution is 6.31. The second-order valence-corrected chi connectivity index (χ2v) is 10.2. The highest BCUT2D eigenvalue weighted by Gasteiger charge is 2.30. The van der Waals surface area contributed by atoms with Gasteiger partial charge in [0.2, 0.25) is 0 Å². The van der Waals surface area contributed by atoms with E-state index in [1.54, 1.807) is 10.6 Å². The Kier molecular flexibility index (Phi) is 6.45. The van der Waals surface area contributed by atoms with Crippen molar-refractivity contribution in [1.29, 1.82) is 0 Å². The van der Waals surface area contributed by atoms with Crippen molar-refractivity contribution < 1.29 is 14.3 Å². The zero-order valence-electron chi connectivity index (χ0n) is 19.6. The van der Waals surface area contributed by atoms with Crippen molar-refractivity contribution in [3.05, 3.63) is 76.7 Å². The summed E-state index contributed by atoms with van der Waals surface area (Å²) in [6.07, 6.45) is 1.14. The van der Waals surface area contributed by atoms with E-state index in [2.05, 4.69) is 20.8 Å². The molecule has 1 atom stereocenters. The van der Waals surface area contributed by atoms with Gasteiger partial charge in [0.15, 0.2) is 5.65 Å². The van der Waals surface area contributed by atoms with Crippen molar-refractivity contribution in [1.82, 2.24) is 14.6 Å². The molecule has 0 radical (unpaired) electrons. The minimum atomic E-state index is -0.932. The quantitative estimate of drug-likeness (QED) is 0.318. The number of aryl methyl sites for hydroxylation is 1. The molecule has 0 amide bonds. The average molecular weight is 480 g/mol. The van der Waals surface area contributed by atoms with E-state index in [1.807, 2.05) is 43.3 Å². The number of fused-ring (bicyclic) bond motifs is 1. The molecule has 4 rings (SSSR count). The predicted octanol–water partition coefficient (Wildman–Crippen LogP) is 7.16. The Bertz CT molecular complexity index is 1360. The lowest BCUT2D eigenvalue weighted by Gasteiger charge is -2.24. The first-order valence-electron chi connectivity index (χ1n) is 11.2. The zero-order chi connectivity index (χ0) is 24.6. The molecule has 0 saturated carbocycles. The number of aromatic nitrogens is 3. The summed E-state index contributed by atoms with van der Waals surface area (Å²) < 4.78 is 15.7. The van der Waals surface area contributed by atoms with E-state index in [-0.39, 0.29) is 10.4 Å². The fourth-order valence-corrected chi connectivity index (χ4v) is 4.37. The van der Waals surface area contributed by atoms with Gasteiger partial charge >= 0.3 is 5.97 Å². The number of hydrogen-bond donors (Lipinski definition) is 1. The fourth-order valence-electron chi connectivity index (χ4n) is 4.19. The number of halogens is 2. The number of nitrogens with zero attached hydrogens (tertiary/aromatic N) is 3. The summed E-state index contributed by atoms with van der Waals surface area (Å²) in [5.74, 6) is -2.28. The van der Waals surface area contributed by atoms with Gasteiger partial charge in [-0.3, -0.25) is 4.79 Å². The minimum Gasteiger partial charge on any atom is -0.481 e. The van der Waals surface area contributed by atoms with Gasteiger partial charge in [0.1, 0.15) is 5.82 Å². The van der Waals surface area contributed by atoms with Crippen molar-refractivity contribution in [2.45, 2.75) is 46.5 Å². The number of hydrogen-bond acceptors (Lipinski definition) is 3. The summed E-state index contributed by atoms with van der Waals surface area (Å²) in [4.78, 5) is 17.2. The van der Waals surface area contributed by atoms with Gasteiger partial charge < -0.3 is 5.11 Å². The van der Waals surface area contributed by atoms with Crippen LogP contribution in [-0.2, 0) is 4.79 Å². The first kappa shape index (κ1) is 23.9. The number of carboxylic acid groups (broad SMARTS) is 1. The molecule has 0 spiro atoms. The Morgan fingerprint density at radius 3 is 2.44 bits per heavy atom. The van der Waals surface area contributed by atoms with Crippen LogP contribution in [0.2, 0.25) is 5.02 Å². The first-order valence-corrected chi connectivity index (χ1v) is 11.6. The van der Waals surface area contributed by atoms with Crippen LogP contribution in [0.3, 0.4) is 0 Å². The number of carboxylic acids is 1. The monoisotopic (exact) mass is 479 g/mol. The standard InChI is InChI=1S/C27H27ClFN3O2/c1-16-24(19(26(33)34)12-13-27(2,3)4)25(18-10-11-21(29)20(28)14-18)32-23(30-16)15-22(31-32)17-8-6-5-7-9-17/h5-11,14-15,19H,12-13H2,1-4H3,(H,33,34). The second kappa shape index (κ2) is 9.18. The third-order valence-corrected chi connectivity index (χ3v) is 6.21. The number of benzene rings is 2. The Morgan fingerprint density at radius 2 is 1.82 bits per heavy atom. The molecular weight excluding hydrogens is 453 g/mol. The number of rotatable bonds is 6. The third kappa shape index (κ3) is 4.82.